The van der Waals surface area contributed by atoms with Crippen LogP contribution in [0.1, 0.15) is 44.5 Å². The topological polar surface area (TPSA) is 32.8 Å². The molecular formula is C60H48N2O2. The van der Waals surface area contributed by atoms with Crippen LogP contribution >= 0.6 is 0 Å². The summed E-state index contributed by atoms with van der Waals surface area (Å²) in [5.74, 6) is 0. The summed E-state index contributed by atoms with van der Waals surface area (Å²) in [5, 5.41) is 11.7. The first-order valence-corrected chi connectivity index (χ1v) is 22.3. The van der Waals surface area contributed by atoms with Crippen molar-refractivity contribution >= 4 is 110 Å². The van der Waals surface area contributed by atoms with Crippen LogP contribution in [0.15, 0.2) is 154 Å². The van der Waals surface area contributed by atoms with E-state index in [9.17, 15) is 0 Å². The van der Waals surface area contributed by atoms with Crippen LogP contribution in [0.25, 0.3) is 76.2 Å². The van der Waals surface area contributed by atoms with Gasteiger partial charge in [-0.05, 0) is 170 Å². The summed E-state index contributed by atoms with van der Waals surface area (Å²) >= 11 is 0. The molecule has 2 heterocycles. The fourth-order valence-electron chi connectivity index (χ4n) is 10.5. The van der Waals surface area contributed by atoms with E-state index in [0.29, 0.717) is 0 Å². The average molecular weight is 829 g/mol. The van der Waals surface area contributed by atoms with Crippen LogP contribution in [0.5, 0.6) is 0 Å². The average Bonchev–Trinajstić information content (AvgIpc) is 3.87. The van der Waals surface area contributed by atoms with Crippen molar-refractivity contribution < 1.29 is 8.83 Å². The molecule has 64 heavy (non-hydrogen) atoms. The van der Waals surface area contributed by atoms with Gasteiger partial charge in [-0.25, -0.2) is 0 Å². The van der Waals surface area contributed by atoms with E-state index in [1.165, 1.54) is 65.7 Å². The van der Waals surface area contributed by atoms with Crippen molar-refractivity contribution in [1.82, 2.24) is 0 Å². The third-order valence-electron chi connectivity index (χ3n) is 14.3. The maximum absolute atomic E-state index is 6.85. The van der Waals surface area contributed by atoms with E-state index in [2.05, 4.69) is 211 Å². The van der Waals surface area contributed by atoms with Gasteiger partial charge in [-0.15, -0.1) is 0 Å². The molecule has 2 aromatic heterocycles. The Hall–Kier alpha value is -7.56. The number of hydrogen-bond acceptors (Lipinski definition) is 4. The minimum Gasteiger partial charge on any atom is -0.454 e. The number of hydrogen-bond donors (Lipinski definition) is 0. The lowest BCUT2D eigenvalue weighted by Crippen LogP contribution is -2.14. The van der Waals surface area contributed by atoms with Gasteiger partial charge in [-0.2, -0.15) is 0 Å². The molecule has 0 fully saturated rings. The number of anilines is 6. The maximum Gasteiger partial charge on any atom is 0.159 e. The van der Waals surface area contributed by atoms with E-state index >= 15 is 0 Å². The molecule has 0 amide bonds. The molecule has 0 radical (unpaired) electrons. The lowest BCUT2D eigenvalue weighted by Gasteiger charge is -2.31. The number of para-hydroxylation sites is 2. The molecule has 0 N–H and O–H groups in total. The highest BCUT2D eigenvalue weighted by Gasteiger charge is 2.28. The number of aryl methyl sites for hydroxylation is 6. The van der Waals surface area contributed by atoms with Crippen LogP contribution in [-0.2, 0) is 0 Å². The van der Waals surface area contributed by atoms with E-state index in [4.69, 9.17) is 8.83 Å². The van der Waals surface area contributed by atoms with Gasteiger partial charge >= 0.3 is 0 Å². The Kier molecular flexibility index (Phi) is 8.33. The first-order chi connectivity index (χ1) is 31.0. The molecule has 10 aromatic carbocycles. The standard InChI is InChI=1S/C60H48N2O2/c1-33-17-23-47-45-13-9-11-15-53(45)63-59(47)57(33)61(43-29-35(3)39(7)36(4)30-43)51-27-21-41-20-26-50-52(28-22-42-19-25-49(51)55(41)56(42)50)62(44-31-37(5)40(8)38(6)32-44)58-34(2)18-24-48-46-14-10-12-16-54(46)64-60(48)58/h9-32H,1-8H3. The molecule has 0 unspecified atom stereocenters. The monoisotopic (exact) mass is 828 g/mol. The van der Waals surface area contributed by atoms with Crippen LogP contribution in [0.3, 0.4) is 0 Å². The lowest BCUT2D eigenvalue weighted by atomic mass is 9.91. The van der Waals surface area contributed by atoms with Crippen molar-refractivity contribution in [3.8, 4) is 0 Å². The molecule has 0 aliphatic heterocycles. The summed E-state index contributed by atoms with van der Waals surface area (Å²) in [6.45, 7) is 17.7. The Morgan fingerprint density at radius 2 is 0.688 bits per heavy atom. The molecule has 0 saturated heterocycles. The summed E-state index contributed by atoms with van der Waals surface area (Å²) in [5.41, 5.74) is 20.0. The molecule has 12 rings (SSSR count). The predicted molar refractivity (Wildman–Crippen MR) is 272 cm³/mol. The molecule has 0 aliphatic carbocycles. The Morgan fingerprint density at radius 1 is 0.328 bits per heavy atom. The number of fused-ring (bicyclic) bond motifs is 6. The Morgan fingerprint density at radius 3 is 1.09 bits per heavy atom. The maximum atomic E-state index is 6.85. The first-order valence-electron chi connectivity index (χ1n) is 22.3. The second kappa shape index (κ2) is 14.0. The van der Waals surface area contributed by atoms with Gasteiger partial charge in [0.1, 0.15) is 11.2 Å². The van der Waals surface area contributed by atoms with E-state index in [1.54, 1.807) is 0 Å². The van der Waals surface area contributed by atoms with Crippen LogP contribution in [-0.4, -0.2) is 0 Å². The molecule has 0 bridgehead atoms. The molecule has 0 aliphatic rings. The van der Waals surface area contributed by atoms with E-state index in [-0.39, 0.29) is 0 Å². The summed E-state index contributed by atoms with van der Waals surface area (Å²) in [7, 11) is 0. The van der Waals surface area contributed by atoms with Crippen molar-refractivity contribution in [2.24, 2.45) is 0 Å². The molecule has 0 saturated carbocycles. The first kappa shape index (κ1) is 38.1. The summed E-state index contributed by atoms with van der Waals surface area (Å²) in [4.78, 5) is 4.92. The van der Waals surface area contributed by atoms with Crippen molar-refractivity contribution in [3.63, 3.8) is 0 Å². The smallest absolute Gasteiger partial charge is 0.159 e. The van der Waals surface area contributed by atoms with Crippen LogP contribution < -0.4 is 9.80 Å². The van der Waals surface area contributed by atoms with Gasteiger partial charge in [-0.1, -0.05) is 97.1 Å². The Bertz CT molecular complexity index is 3600. The fraction of sp³-hybridized carbons (Fsp3) is 0.133. The van der Waals surface area contributed by atoms with E-state index < -0.39 is 0 Å². The second-order valence-corrected chi connectivity index (χ2v) is 18.1. The highest BCUT2D eigenvalue weighted by molar-refractivity contribution is 6.29. The number of nitrogens with zero attached hydrogens (tertiary/aromatic N) is 2. The van der Waals surface area contributed by atoms with Crippen molar-refractivity contribution in [2.75, 3.05) is 9.80 Å². The second-order valence-electron chi connectivity index (χ2n) is 18.1. The normalized spacial score (nSPS) is 12.1. The van der Waals surface area contributed by atoms with Gasteiger partial charge in [0.05, 0.1) is 22.7 Å². The van der Waals surface area contributed by atoms with Gasteiger partial charge in [0.2, 0.25) is 0 Å². The minimum absolute atomic E-state index is 0.888. The largest absolute Gasteiger partial charge is 0.454 e. The Balaban J connectivity index is 1.17. The molecule has 0 atom stereocenters. The van der Waals surface area contributed by atoms with E-state index in [0.717, 1.165) is 89.1 Å². The van der Waals surface area contributed by atoms with Gasteiger partial charge in [-0.3, -0.25) is 0 Å². The molecule has 4 heteroatoms. The third-order valence-corrected chi connectivity index (χ3v) is 14.3. The SMILES string of the molecule is Cc1cc(N(c2ccc3ccc4c(N(c5cc(C)c(C)c(C)c5)c5c(C)ccc6c5oc5ccccc56)ccc5ccc2c3c54)c2c(C)ccc3c2oc2ccccc23)cc(C)c1C. The zero-order chi connectivity index (χ0) is 43.7. The third kappa shape index (κ3) is 5.48. The van der Waals surface area contributed by atoms with Gasteiger partial charge in [0.25, 0.3) is 0 Å². The van der Waals surface area contributed by atoms with Crippen molar-refractivity contribution in [3.05, 3.63) is 190 Å². The van der Waals surface area contributed by atoms with Crippen LogP contribution in [0.4, 0.5) is 34.1 Å². The molecule has 4 nitrogen and oxygen atoms in total. The highest BCUT2D eigenvalue weighted by Crippen LogP contribution is 2.52. The highest BCUT2D eigenvalue weighted by atomic mass is 16.3. The minimum atomic E-state index is 0.888. The van der Waals surface area contributed by atoms with Crippen LogP contribution in [0, 0.1) is 55.4 Å². The van der Waals surface area contributed by atoms with Gasteiger partial charge in [0.15, 0.2) is 11.2 Å². The number of rotatable bonds is 6. The van der Waals surface area contributed by atoms with Gasteiger partial charge < -0.3 is 18.6 Å². The summed E-state index contributed by atoms with van der Waals surface area (Å²) in [6.07, 6.45) is 0. The summed E-state index contributed by atoms with van der Waals surface area (Å²) < 4.78 is 13.7. The molecule has 0 spiro atoms. The zero-order valence-electron chi connectivity index (χ0n) is 37.6. The predicted octanol–water partition coefficient (Wildman–Crippen LogP) is 17.8. The molecule has 310 valence electrons. The van der Waals surface area contributed by atoms with E-state index in [1.807, 2.05) is 0 Å². The number of furan rings is 2. The van der Waals surface area contributed by atoms with Crippen molar-refractivity contribution in [2.45, 2.75) is 55.4 Å². The molecule has 12 aromatic rings. The zero-order valence-corrected chi connectivity index (χ0v) is 37.6. The quantitative estimate of drug-likeness (QED) is 0.156. The lowest BCUT2D eigenvalue weighted by molar-refractivity contribution is 0.668. The Labute approximate surface area is 372 Å². The number of benzene rings is 10. The molecular weight excluding hydrogens is 781 g/mol. The fourth-order valence-corrected chi connectivity index (χ4v) is 10.5. The summed E-state index contributed by atoms with van der Waals surface area (Å²) in [6, 6.07) is 53.6. The van der Waals surface area contributed by atoms with Crippen molar-refractivity contribution in [1.29, 1.82) is 0 Å². The van der Waals surface area contributed by atoms with Crippen LogP contribution in [0.2, 0.25) is 0 Å². The van der Waals surface area contributed by atoms with Gasteiger partial charge in [0, 0.05) is 43.7 Å².